The Hall–Kier alpha value is -3.08. The van der Waals surface area contributed by atoms with Crippen LogP contribution in [0.2, 0.25) is 0 Å². The molecule has 0 spiro atoms. The van der Waals surface area contributed by atoms with Crippen molar-refractivity contribution < 1.29 is 35.9 Å². The number of hydrogen-bond donors (Lipinski definition) is 1. The maximum atomic E-state index is 12.6. The summed E-state index contributed by atoms with van der Waals surface area (Å²) >= 11 is 0. The van der Waals surface area contributed by atoms with Crippen LogP contribution in [0.4, 0.5) is 37.7 Å². The molecule has 5 nitrogen and oxygen atoms in total. The van der Waals surface area contributed by atoms with Crippen LogP contribution >= 0.6 is 0 Å². The molecule has 2 atom stereocenters. The first kappa shape index (κ1) is 30.1. The molecule has 37 heavy (non-hydrogen) atoms. The van der Waals surface area contributed by atoms with Crippen LogP contribution in [0.3, 0.4) is 0 Å². The Kier molecular flexibility index (Phi) is 9.76. The fourth-order valence-corrected chi connectivity index (χ4v) is 4.21. The number of alkyl halides is 6. The number of carbonyl (C=O) groups is 2. The van der Waals surface area contributed by atoms with Gasteiger partial charge in [0.15, 0.2) is 0 Å². The summed E-state index contributed by atoms with van der Waals surface area (Å²) in [6, 6.07) is 7.06. The number of halogens is 6. The van der Waals surface area contributed by atoms with E-state index in [9.17, 15) is 35.9 Å². The van der Waals surface area contributed by atoms with Crippen molar-refractivity contribution >= 4 is 23.7 Å². The van der Waals surface area contributed by atoms with E-state index in [1.54, 1.807) is 5.32 Å². The molecular formula is C26H31F6N3O2. The molecule has 0 saturated carbocycles. The van der Waals surface area contributed by atoms with Crippen molar-refractivity contribution in [1.29, 1.82) is 0 Å². The standard InChI is InChI=1S/C17H26N2O.C9H5F6NO/c1-6-18(5)10-15-11-19(17(20)14(15)4)16-12(2)8-7-9-13(16)3;10-8(11,12)5-1-6(9(13,14)15)3-7(2-5)16-4-17/h7-9,14-15H,6,10-11H2,1-5H3;1-4H,(H,16,17). The van der Waals surface area contributed by atoms with E-state index >= 15 is 0 Å². The van der Waals surface area contributed by atoms with Gasteiger partial charge in [-0.3, -0.25) is 9.59 Å². The number of nitrogens with one attached hydrogen (secondary N) is 1. The molecule has 0 aromatic heterocycles. The van der Waals surface area contributed by atoms with Gasteiger partial charge in [0, 0.05) is 36.3 Å². The molecule has 1 aliphatic heterocycles. The van der Waals surface area contributed by atoms with Crippen molar-refractivity contribution in [2.75, 3.05) is 36.9 Å². The Balaban J connectivity index is 0.000000264. The number of carbonyl (C=O) groups excluding carboxylic acids is 2. The van der Waals surface area contributed by atoms with Gasteiger partial charge in [-0.2, -0.15) is 26.3 Å². The van der Waals surface area contributed by atoms with Crippen LogP contribution in [0.5, 0.6) is 0 Å². The van der Waals surface area contributed by atoms with Crippen LogP contribution in [0.25, 0.3) is 0 Å². The molecule has 1 fully saturated rings. The molecule has 2 aromatic rings. The molecular weight excluding hydrogens is 500 g/mol. The number of benzene rings is 2. The molecule has 2 aromatic carbocycles. The Bertz CT molecular complexity index is 1050. The Morgan fingerprint density at radius 2 is 1.54 bits per heavy atom. The SMILES string of the molecule is CCN(C)CC1CN(c2c(C)cccc2C)C(=O)C1C.O=CNc1cc(C(F)(F)F)cc(C(F)(F)F)c1. The van der Waals surface area contributed by atoms with Gasteiger partial charge in [0.2, 0.25) is 12.3 Å². The fraction of sp³-hybridized carbons (Fsp3) is 0.462. The number of hydrogen-bond acceptors (Lipinski definition) is 3. The molecule has 2 amide bonds. The van der Waals surface area contributed by atoms with Crippen molar-refractivity contribution in [2.45, 2.75) is 40.0 Å². The van der Waals surface area contributed by atoms with Gasteiger partial charge in [-0.05, 0) is 56.8 Å². The van der Waals surface area contributed by atoms with Gasteiger partial charge in [0.25, 0.3) is 0 Å². The zero-order valence-electron chi connectivity index (χ0n) is 21.3. The number of aryl methyl sites for hydroxylation is 2. The van der Waals surface area contributed by atoms with Crippen LogP contribution in [0.1, 0.15) is 36.1 Å². The van der Waals surface area contributed by atoms with Gasteiger partial charge in [-0.25, -0.2) is 0 Å². The normalized spacial score (nSPS) is 18.1. The zero-order valence-corrected chi connectivity index (χ0v) is 21.3. The molecule has 1 N–H and O–H groups in total. The molecule has 0 aliphatic carbocycles. The van der Waals surface area contributed by atoms with Gasteiger partial charge in [0.1, 0.15) is 0 Å². The molecule has 0 radical (unpaired) electrons. The van der Waals surface area contributed by atoms with Crippen LogP contribution < -0.4 is 10.2 Å². The monoisotopic (exact) mass is 531 g/mol. The minimum Gasteiger partial charge on any atom is -0.329 e. The van der Waals surface area contributed by atoms with Crippen molar-refractivity contribution in [3.05, 3.63) is 58.7 Å². The van der Waals surface area contributed by atoms with E-state index in [0.29, 0.717) is 18.1 Å². The van der Waals surface area contributed by atoms with Gasteiger partial charge >= 0.3 is 12.4 Å². The topological polar surface area (TPSA) is 52.7 Å². The third kappa shape index (κ3) is 7.70. The van der Waals surface area contributed by atoms with E-state index < -0.39 is 29.2 Å². The average molecular weight is 532 g/mol. The molecule has 1 heterocycles. The third-order valence-corrected chi connectivity index (χ3v) is 6.39. The summed E-state index contributed by atoms with van der Waals surface area (Å²) in [6.45, 7) is 11.3. The molecule has 2 unspecified atom stereocenters. The van der Waals surface area contributed by atoms with Crippen LogP contribution in [-0.2, 0) is 21.9 Å². The molecule has 204 valence electrons. The van der Waals surface area contributed by atoms with E-state index in [1.165, 1.54) is 11.1 Å². The number of amides is 2. The summed E-state index contributed by atoms with van der Waals surface area (Å²) in [5, 5.41) is 1.75. The summed E-state index contributed by atoms with van der Waals surface area (Å²) in [6.07, 6.45) is -9.84. The van der Waals surface area contributed by atoms with Crippen molar-refractivity contribution in [3.8, 4) is 0 Å². The van der Waals surface area contributed by atoms with E-state index in [2.05, 4.69) is 57.8 Å². The first-order valence-electron chi connectivity index (χ1n) is 11.7. The summed E-state index contributed by atoms with van der Waals surface area (Å²) in [7, 11) is 2.12. The maximum absolute atomic E-state index is 12.6. The number of anilines is 2. The quantitative estimate of drug-likeness (QED) is 0.360. The predicted molar refractivity (Wildman–Crippen MR) is 130 cm³/mol. The summed E-state index contributed by atoms with van der Waals surface area (Å²) < 4.78 is 73.8. The number of rotatable bonds is 6. The lowest BCUT2D eigenvalue weighted by Crippen LogP contribution is -2.29. The predicted octanol–water partition coefficient (Wildman–Crippen LogP) is 6.15. The molecule has 11 heteroatoms. The van der Waals surface area contributed by atoms with Gasteiger partial charge in [-0.15, -0.1) is 0 Å². The summed E-state index contributed by atoms with van der Waals surface area (Å²) in [5.74, 6) is 0.811. The lowest BCUT2D eigenvalue weighted by molar-refractivity contribution is -0.143. The minimum absolute atomic E-state index is 0.00432. The second kappa shape index (κ2) is 12.0. The highest BCUT2D eigenvalue weighted by Crippen LogP contribution is 2.37. The molecule has 1 aliphatic rings. The minimum atomic E-state index is -4.92. The van der Waals surface area contributed by atoms with E-state index in [-0.39, 0.29) is 24.3 Å². The smallest absolute Gasteiger partial charge is 0.329 e. The molecule has 1 saturated heterocycles. The second-order valence-electron chi connectivity index (χ2n) is 9.15. The molecule has 3 rings (SSSR count). The van der Waals surface area contributed by atoms with Crippen molar-refractivity contribution in [3.63, 3.8) is 0 Å². The lowest BCUT2D eigenvalue weighted by atomic mass is 9.97. The van der Waals surface area contributed by atoms with Gasteiger partial charge in [0.05, 0.1) is 11.1 Å². The zero-order chi connectivity index (χ0) is 28.1. The third-order valence-electron chi connectivity index (χ3n) is 6.39. The van der Waals surface area contributed by atoms with Crippen molar-refractivity contribution in [2.24, 2.45) is 11.8 Å². The summed E-state index contributed by atoms with van der Waals surface area (Å²) in [5.41, 5.74) is -0.0217. The highest BCUT2D eigenvalue weighted by Gasteiger charge is 2.39. The Labute approximate surface area is 212 Å². The van der Waals surface area contributed by atoms with E-state index in [0.717, 1.165) is 25.3 Å². The second-order valence-corrected chi connectivity index (χ2v) is 9.15. The lowest BCUT2D eigenvalue weighted by Gasteiger charge is -2.23. The largest absolute Gasteiger partial charge is 0.416 e. The maximum Gasteiger partial charge on any atom is 0.416 e. The van der Waals surface area contributed by atoms with Crippen LogP contribution in [0.15, 0.2) is 36.4 Å². The first-order valence-corrected chi connectivity index (χ1v) is 11.7. The highest BCUT2D eigenvalue weighted by atomic mass is 19.4. The summed E-state index contributed by atoms with van der Waals surface area (Å²) in [4.78, 5) is 26.9. The van der Waals surface area contributed by atoms with Gasteiger partial charge in [-0.1, -0.05) is 32.0 Å². The van der Waals surface area contributed by atoms with Gasteiger partial charge < -0.3 is 15.1 Å². The van der Waals surface area contributed by atoms with Crippen LogP contribution in [-0.4, -0.2) is 43.9 Å². The highest BCUT2D eigenvalue weighted by molar-refractivity contribution is 5.98. The number of nitrogens with zero attached hydrogens (tertiary/aromatic N) is 2. The van der Waals surface area contributed by atoms with Crippen molar-refractivity contribution in [1.82, 2.24) is 4.90 Å². The van der Waals surface area contributed by atoms with E-state index in [4.69, 9.17) is 0 Å². The fourth-order valence-electron chi connectivity index (χ4n) is 4.21. The molecule has 0 bridgehead atoms. The van der Waals surface area contributed by atoms with E-state index in [1.807, 2.05) is 4.90 Å². The Morgan fingerprint density at radius 3 is 1.97 bits per heavy atom. The Morgan fingerprint density at radius 1 is 1.03 bits per heavy atom. The first-order chi connectivity index (χ1) is 17.1. The van der Waals surface area contributed by atoms with Crippen LogP contribution in [0, 0.1) is 25.7 Å². The number of para-hydroxylation sites is 1. The average Bonchev–Trinajstić information content (AvgIpc) is 3.06.